The van der Waals surface area contributed by atoms with Crippen molar-refractivity contribution in [3.8, 4) is 5.75 Å². The van der Waals surface area contributed by atoms with Crippen molar-refractivity contribution in [3.63, 3.8) is 0 Å². The summed E-state index contributed by atoms with van der Waals surface area (Å²) in [5.41, 5.74) is -0.170. The Bertz CT molecular complexity index is 1190. The molecule has 2 atom stereocenters. The van der Waals surface area contributed by atoms with E-state index in [4.69, 9.17) is 9.26 Å². The van der Waals surface area contributed by atoms with Crippen molar-refractivity contribution in [1.29, 1.82) is 0 Å². The number of nitrogens with zero attached hydrogens (tertiary/aromatic N) is 2. The first-order valence-corrected chi connectivity index (χ1v) is 9.00. The largest absolute Gasteiger partial charge is 0.487 e. The third-order valence-electron chi connectivity index (χ3n) is 5.39. The summed E-state index contributed by atoms with van der Waals surface area (Å²) in [7, 11) is 0. The number of hydrogen-bond acceptors (Lipinski definition) is 6. The summed E-state index contributed by atoms with van der Waals surface area (Å²) in [6.07, 6.45) is 0. The Morgan fingerprint density at radius 3 is 2.89 bits per heavy atom. The minimum absolute atomic E-state index is 0.0925. The number of rotatable bonds is 1. The van der Waals surface area contributed by atoms with Crippen LogP contribution >= 0.6 is 0 Å². The molecule has 0 saturated carbocycles. The Balaban J connectivity index is 1.91. The van der Waals surface area contributed by atoms with Crippen LogP contribution < -0.4 is 25.9 Å². The van der Waals surface area contributed by atoms with Crippen LogP contribution in [0.1, 0.15) is 19.9 Å². The van der Waals surface area contributed by atoms with Crippen molar-refractivity contribution < 1.29 is 13.7 Å². The number of aromatic amines is 1. The van der Waals surface area contributed by atoms with Crippen LogP contribution in [-0.4, -0.2) is 42.0 Å². The molecule has 0 amide bonds. The zero-order valence-electron chi connectivity index (χ0n) is 15.0. The van der Waals surface area contributed by atoms with Gasteiger partial charge >= 0.3 is 0 Å². The van der Waals surface area contributed by atoms with Crippen molar-refractivity contribution in [2.24, 2.45) is 0 Å². The Morgan fingerprint density at radius 1 is 1.30 bits per heavy atom. The lowest BCUT2D eigenvalue weighted by Gasteiger charge is -2.36. The number of pyridine rings is 1. The highest BCUT2D eigenvalue weighted by molar-refractivity contribution is 5.98. The molecule has 5 rings (SSSR count). The lowest BCUT2D eigenvalue weighted by molar-refractivity contribution is 0.244. The summed E-state index contributed by atoms with van der Waals surface area (Å²) < 4.78 is 28.1. The topological polar surface area (TPSA) is 92.5 Å². The number of hydrogen-bond donors (Lipinski definition) is 2. The van der Waals surface area contributed by atoms with Gasteiger partial charge in [0.15, 0.2) is 17.0 Å². The van der Waals surface area contributed by atoms with Crippen LogP contribution in [0, 0.1) is 5.82 Å². The Labute approximate surface area is 152 Å². The van der Waals surface area contributed by atoms with Crippen LogP contribution in [-0.2, 0) is 0 Å². The van der Waals surface area contributed by atoms with Crippen molar-refractivity contribution in [2.75, 3.05) is 31.1 Å². The van der Waals surface area contributed by atoms with Crippen LogP contribution in [0.25, 0.3) is 22.0 Å². The molecule has 2 aliphatic heterocycles. The quantitative estimate of drug-likeness (QED) is 0.668. The maximum absolute atomic E-state index is 15.1. The van der Waals surface area contributed by atoms with Crippen molar-refractivity contribution in [2.45, 2.75) is 25.9 Å². The Hall–Kier alpha value is -2.81. The molecular weight excluding hydrogens is 355 g/mol. The van der Waals surface area contributed by atoms with Gasteiger partial charge in [0, 0.05) is 25.7 Å². The summed E-state index contributed by atoms with van der Waals surface area (Å²) in [5, 5.41) is 5.59. The number of aromatic nitrogens is 2. The molecule has 1 fully saturated rings. The molecule has 1 saturated heterocycles. The van der Waals surface area contributed by atoms with Crippen molar-refractivity contribution in [3.05, 3.63) is 32.5 Å². The van der Waals surface area contributed by atoms with E-state index in [2.05, 4.69) is 10.5 Å². The minimum Gasteiger partial charge on any atom is -0.487 e. The Morgan fingerprint density at radius 2 is 2.11 bits per heavy atom. The molecule has 0 radical (unpaired) electrons. The molecule has 2 unspecified atom stereocenters. The van der Waals surface area contributed by atoms with Crippen molar-refractivity contribution in [1.82, 2.24) is 15.0 Å². The van der Waals surface area contributed by atoms with Crippen LogP contribution in [0.4, 0.5) is 10.1 Å². The molecule has 9 heteroatoms. The molecule has 0 aliphatic carbocycles. The molecule has 2 aromatic heterocycles. The fraction of sp³-hybridized carbons (Fsp3) is 0.444. The molecule has 8 nitrogen and oxygen atoms in total. The summed E-state index contributed by atoms with van der Waals surface area (Å²) in [4.78, 5) is 26.9. The monoisotopic (exact) mass is 374 g/mol. The number of ether oxygens (including phenoxy) is 1. The van der Waals surface area contributed by atoms with Gasteiger partial charge in [0.2, 0.25) is 11.1 Å². The summed E-state index contributed by atoms with van der Waals surface area (Å²) in [5.74, 6) is -0.191. The van der Waals surface area contributed by atoms with Gasteiger partial charge in [0.05, 0.1) is 11.4 Å². The maximum atomic E-state index is 15.1. The second-order valence-electron chi connectivity index (χ2n) is 7.31. The highest BCUT2D eigenvalue weighted by atomic mass is 19.1. The second-order valence-corrected chi connectivity index (χ2v) is 7.31. The smallest absolute Gasteiger partial charge is 0.293 e. The molecule has 3 aromatic rings. The van der Waals surface area contributed by atoms with Crippen LogP contribution in [0.15, 0.2) is 20.2 Å². The van der Waals surface area contributed by atoms with Gasteiger partial charge in [-0.3, -0.25) is 14.2 Å². The SMILES string of the molecule is CC1CN(c2c(F)cc3c(=O)c4c(=O)[nH]oc4n4c3c2OCC4C)CCN1. The third kappa shape index (κ3) is 2.18. The average Bonchev–Trinajstić information content (AvgIpc) is 3.02. The normalized spacial score (nSPS) is 22.4. The van der Waals surface area contributed by atoms with Crippen LogP contribution in [0.2, 0.25) is 0 Å². The summed E-state index contributed by atoms with van der Waals surface area (Å²) in [6, 6.07) is 1.24. The lowest BCUT2D eigenvalue weighted by Crippen LogP contribution is -2.49. The van der Waals surface area contributed by atoms with Gasteiger partial charge < -0.3 is 19.5 Å². The second kappa shape index (κ2) is 5.59. The highest BCUT2D eigenvalue weighted by Gasteiger charge is 2.32. The molecule has 2 aliphatic rings. The molecular formula is C18H19FN4O4. The van der Waals surface area contributed by atoms with Gasteiger partial charge in [-0.25, -0.2) is 4.39 Å². The number of benzene rings is 1. The predicted molar refractivity (Wildman–Crippen MR) is 98.4 cm³/mol. The van der Waals surface area contributed by atoms with E-state index in [1.807, 2.05) is 18.7 Å². The molecule has 1 aromatic carbocycles. The van der Waals surface area contributed by atoms with E-state index in [-0.39, 0.29) is 35.2 Å². The number of piperazine rings is 1. The number of fused-ring (bicyclic) bond motifs is 2. The number of nitrogens with one attached hydrogen (secondary N) is 2. The van der Waals surface area contributed by atoms with E-state index in [0.29, 0.717) is 30.0 Å². The van der Waals surface area contributed by atoms with E-state index < -0.39 is 16.8 Å². The number of H-pyrrole nitrogens is 1. The van der Waals surface area contributed by atoms with E-state index in [9.17, 15) is 9.59 Å². The van der Waals surface area contributed by atoms with Gasteiger partial charge in [0.25, 0.3) is 5.56 Å². The third-order valence-corrected chi connectivity index (χ3v) is 5.39. The maximum Gasteiger partial charge on any atom is 0.293 e. The van der Waals surface area contributed by atoms with Gasteiger partial charge in [-0.2, -0.15) is 5.16 Å². The van der Waals surface area contributed by atoms with E-state index >= 15 is 4.39 Å². The standard InChI is InChI=1S/C18H19FN4O4/c1-8-6-22(4-3-20-8)14-11(19)5-10-13-16(14)26-7-9(2)23(13)18-12(15(10)24)17(25)21-27-18/h5,8-9,20H,3-4,6-7H2,1-2H3,(H,21,25). The van der Waals surface area contributed by atoms with Crippen LogP contribution in [0.3, 0.4) is 0 Å². The first-order chi connectivity index (χ1) is 13.0. The molecule has 142 valence electrons. The van der Waals surface area contributed by atoms with Crippen LogP contribution in [0.5, 0.6) is 5.75 Å². The number of anilines is 1. The molecule has 0 spiro atoms. The van der Waals surface area contributed by atoms with E-state index in [1.165, 1.54) is 6.07 Å². The lowest BCUT2D eigenvalue weighted by atomic mass is 10.1. The predicted octanol–water partition coefficient (Wildman–Crippen LogP) is 1.33. The molecule has 4 heterocycles. The molecule has 0 bridgehead atoms. The van der Waals surface area contributed by atoms with Gasteiger partial charge in [-0.15, -0.1) is 0 Å². The van der Waals surface area contributed by atoms with E-state index in [1.54, 1.807) is 4.57 Å². The highest BCUT2D eigenvalue weighted by Crippen LogP contribution is 2.43. The zero-order valence-corrected chi connectivity index (χ0v) is 15.0. The Kier molecular flexibility index (Phi) is 3.39. The minimum atomic E-state index is -0.610. The first-order valence-electron chi connectivity index (χ1n) is 9.00. The van der Waals surface area contributed by atoms with Crippen molar-refractivity contribution >= 4 is 27.7 Å². The zero-order chi connectivity index (χ0) is 18.9. The van der Waals surface area contributed by atoms with Gasteiger partial charge in [-0.1, -0.05) is 0 Å². The first kappa shape index (κ1) is 16.4. The molecule has 2 N–H and O–H groups in total. The van der Waals surface area contributed by atoms with Gasteiger partial charge in [-0.05, 0) is 19.9 Å². The number of halogens is 1. The molecule has 27 heavy (non-hydrogen) atoms. The average molecular weight is 374 g/mol. The van der Waals surface area contributed by atoms with Gasteiger partial charge in [0.1, 0.15) is 17.8 Å². The summed E-state index contributed by atoms with van der Waals surface area (Å²) >= 11 is 0. The van der Waals surface area contributed by atoms with E-state index in [0.717, 1.165) is 6.54 Å². The summed E-state index contributed by atoms with van der Waals surface area (Å²) in [6.45, 7) is 6.20. The fourth-order valence-corrected chi connectivity index (χ4v) is 4.18. The fourth-order valence-electron chi connectivity index (χ4n) is 4.18.